The van der Waals surface area contributed by atoms with Gasteiger partial charge in [-0.05, 0) is 6.42 Å². The standard InChI is InChI=1S/C7H15NO4/c8-4-1-3(2-9)5(10)7(12)6(4)11/h3-7,9-12H,1-2,8H2/t3-,4+,5-,6+,7+/m1/s1/i2T/t2?,3-,4+,5-,6+,7+. The molecule has 0 aromatic heterocycles. The fourth-order valence-corrected chi connectivity index (χ4v) is 1.45. The van der Waals surface area contributed by atoms with E-state index in [4.69, 9.17) is 12.2 Å². The number of rotatable bonds is 1. The number of nitrogens with two attached hydrogens (primary N) is 1. The average molecular weight is 179 g/mol. The third-order valence-electron chi connectivity index (χ3n) is 2.31. The van der Waals surface area contributed by atoms with Gasteiger partial charge in [-0.3, -0.25) is 0 Å². The lowest BCUT2D eigenvalue weighted by molar-refractivity contribution is -0.125. The van der Waals surface area contributed by atoms with Crippen molar-refractivity contribution in [2.24, 2.45) is 11.7 Å². The van der Waals surface area contributed by atoms with Crippen molar-refractivity contribution < 1.29 is 21.8 Å². The molecule has 72 valence electrons. The van der Waals surface area contributed by atoms with Crippen LogP contribution in [0, 0.1) is 5.92 Å². The molecule has 0 aromatic carbocycles. The number of aliphatic hydroxyl groups is 4. The fourth-order valence-electron chi connectivity index (χ4n) is 1.45. The molecule has 0 spiro atoms. The minimum absolute atomic E-state index is 0.129. The van der Waals surface area contributed by atoms with Crippen molar-refractivity contribution in [2.45, 2.75) is 30.8 Å². The van der Waals surface area contributed by atoms with Crippen LogP contribution in [-0.2, 0) is 0 Å². The minimum Gasteiger partial charge on any atom is -0.396 e. The lowest BCUT2D eigenvalue weighted by Crippen LogP contribution is -2.57. The quantitative estimate of drug-likeness (QED) is 0.303. The molecule has 6 atom stereocenters. The molecule has 1 aliphatic rings. The first-order valence-corrected chi connectivity index (χ1v) is 3.85. The van der Waals surface area contributed by atoms with Crippen molar-refractivity contribution in [2.75, 3.05) is 6.58 Å². The number of hydrogen-bond acceptors (Lipinski definition) is 5. The molecular formula is C7H15NO4. The summed E-state index contributed by atoms with van der Waals surface area (Å²) in [6.45, 7) is -1.48. The van der Waals surface area contributed by atoms with Gasteiger partial charge in [-0.15, -0.1) is 0 Å². The van der Waals surface area contributed by atoms with E-state index in [1.807, 2.05) is 0 Å². The molecule has 1 saturated carbocycles. The Morgan fingerprint density at radius 1 is 1.25 bits per heavy atom. The van der Waals surface area contributed by atoms with Crippen molar-refractivity contribution in [1.29, 1.82) is 0 Å². The first-order chi connectivity index (χ1) is 5.95. The normalized spacial score (nSPS) is 53.1. The van der Waals surface area contributed by atoms with Crippen molar-refractivity contribution in [3.8, 4) is 0 Å². The molecular weight excluding hydrogens is 162 g/mol. The first-order valence-electron chi connectivity index (χ1n) is 4.43. The molecule has 6 N–H and O–H groups in total. The lowest BCUT2D eigenvalue weighted by Gasteiger charge is -2.38. The Morgan fingerprint density at radius 3 is 2.33 bits per heavy atom. The summed E-state index contributed by atoms with van der Waals surface area (Å²) >= 11 is 0. The zero-order valence-electron chi connectivity index (χ0n) is 7.54. The van der Waals surface area contributed by atoms with Crippen LogP contribution in [0.5, 0.6) is 0 Å². The van der Waals surface area contributed by atoms with Gasteiger partial charge in [0.05, 0.1) is 13.6 Å². The first kappa shape index (κ1) is 8.40. The molecule has 1 unspecified atom stereocenters. The van der Waals surface area contributed by atoms with Gasteiger partial charge in [0.15, 0.2) is 0 Å². The fraction of sp³-hybridized carbons (Fsp3) is 1.00. The highest BCUT2D eigenvalue weighted by Gasteiger charge is 2.40. The smallest absolute Gasteiger partial charge is 0.108 e. The molecule has 0 heterocycles. The average Bonchev–Trinajstić information content (AvgIpc) is 2.07. The van der Waals surface area contributed by atoms with Gasteiger partial charge in [0.2, 0.25) is 0 Å². The summed E-state index contributed by atoms with van der Waals surface area (Å²) in [5.41, 5.74) is 5.44. The zero-order chi connectivity index (χ0) is 10.2. The summed E-state index contributed by atoms with van der Waals surface area (Å²) in [5, 5.41) is 36.8. The molecule has 0 bridgehead atoms. The maximum absolute atomic E-state index is 9.35. The summed E-state index contributed by atoms with van der Waals surface area (Å²) in [6.07, 6.45) is -3.73. The van der Waals surface area contributed by atoms with E-state index in [1.165, 1.54) is 0 Å². The Hall–Kier alpha value is -0.200. The molecule has 1 rings (SSSR count). The van der Waals surface area contributed by atoms with E-state index in [2.05, 4.69) is 0 Å². The Morgan fingerprint density at radius 2 is 1.83 bits per heavy atom. The summed E-state index contributed by atoms with van der Waals surface area (Å²) < 4.78 is 7.00. The van der Waals surface area contributed by atoms with Crippen LogP contribution in [0.4, 0.5) is 0 Å². The topological polar surface area (TPSA) is 107 Å². The molecule has 0 aromatic rings. The van der Waals surface area contributed by atoms with Crippen molar-refractivity contribution in [3.63, 3.8) is 0 Å². The second-order valence-electron chi connectivity index (χ2n) is 3.18. The van der Waals surface area contributed by atoms with Crippen LogP contribution in [-0.4, -0.2) is 51.4 Å². The summed E-state index contributed by atoms with van der Waals surface area (Å²) in [7, 11) is 0. The summed E-state index contributed by atoms with van der Waals surface area (Å²) in [5.74, 6) is -0.798. The SMILES string of the molecule is [3H]C(O)[C@H]1C[C@H](N)[C@H](O)[C@@H](O)[C@@H]1O. The third kappa shape index (κ3) is 1.60. The van der Waals surface area contributed by atoms with E-state index in [-0.39, 0.29) is 6.42 Å². The highest BCUT2D eigenvalue weighted by Crippen LogP contribution is 2.24. The molecule has 12 heavy (non-hydrogen) atoms. The molecule has 5 heteroatoms. The van der Waals surface area contributed by atoms with Gasteiger partial charge in [-0.2, -0.15) is 0 Å². The molecule has 0 radical (unpaired) electrons. The number of aliphatic hydroxyl groups excluding tert-OH is 4. The minimum atomic E-state index is -1.48. The molecule has 0 saturated heterocycles. The Kier molecular flexibility index (Phi) is 2.57. The largest absolute Gasteiger partial charge is 0.396 e. The van der Waals surface area contributed by atoms with E-state index in [0.29, 0.717) is 0 Å². The third-order valence-corrected chi connectivity index (χ3v) is 2.31. The van der Waals surface area contributed by atoms with Gasteiger partial charge in [-0.1, -0.05) is 0 Å². The van der Waals surface area contributed by atoms with E-state index >= 15 is 0 Å². The van der Waals surface area contributed by atoms with Gasteiger partial charge >= 0.3 is 0 Å². The second-order valence-corrected chi connectivity index (χ2v) is 3.18. The molecule has 1 aliphatic carbocycles. The van der Waals surface area contributed by atoms with Crippen LogP contribution < -0.4 is 5.73 Å². The maximum atomic E-state index is 9.35. The van der Waals surface area contributed by atoms with Gasteiger partial charge in [0, 0.05) is 18.5 Å². The Labute approximate surface area is 71.8 Å². The van der Waals surface area contributed by atoms with Crippen LogP contribution >= 0.6 is 0 Å². The van der Waals surface area contributed by atoms with Crippen LogP contribution in [0.2, 0.25) is 0 Å². The second kappa shape index (κ2) is 3.68. The van der Waals surface area contributed by atoms with Gasteiger partial charge < -0.3 is 26.2 Å². The van der Waals surface area contributed by atoms with Crippen LogP contribution in [0.15, 0.2) is 0 Å². The van der Waals surface area contributed by atoms with E-state index in [0.717, 1.165) is 0 Å². The maximum Gasteiger partial charge on any atom is 0.108 e. The Balaban J connectivity index is 2.70. The van der Waals surface area contributed by atoms with Gasteiger partial charge in [0.25, 0.3) is 0 Å². The van der Waals surface area contributed by atoms with Crippen molar-refractivity contribution >= 4 is 0 Å². The van der Waals surface area contributed by atoms with Crippen LogP contribution in [0.1, 0.15) is 7.79 Å². The van der Waals surface area contributed by atoms with E-state index in [9.17, 15) is 15.3 Å². The lowest BCUT2D eigenvalue weighted by atomic mass is 9.80. The monoisotopic (exact) mass is 179 g/mol. The molecule has 5 nitrogen and oxygen atoms in total. The van der Waals surface area contributed by atoms with Gasteiger partial charge in [0.1, 0.15) is 6.10 Å². The van der Waals surface area contributed by atoms with Crippen molar-refractivity contribution in [1.82, 2.24) is 0 Å². The van der Waals surface area contributed by atoms with Crippen LogP contribution in [0.3, 0.4) is 0 Å². The zero-order valence-corrected chi connectivity index (χ0v) is 6.54. The molecule has 1 fully saturated rings. The summed E-state index contributed by atoms with van der Waals surface area (Å²) in [4.78, 5) is 0. The van der Waals surface area contributed by atoms with Gasteiger partial charge in [-0.25, -0.2) is 0 Å². The van der Waals surface area contributed by atoms with E-state index in [1.54, 1.807) is 0 Å². The predicted octanol–water partition coefficient (Wildman–Crippen LogP) is -2.59. The highest BCUT2D eigenvalue weighted by molar-refractivity contribution is 4.94. The van der Waals surface area contributed by atoms with Crippen molar-refractivity contribution in [3.05, 3.63) is 0 Å². The summed E-state index contributed by atoms with van der Waals surface area (Å²) in [6, 6.07) is -0.705. The van der Waals surface area contributed by atoms with E-state index < -0.39 is 36.9 Å². The predicted molar refractivity (Wildman–Crippen MR) is 41.2 cm³/mol. The highest BCUT2D eigenvalue weighted by atomic mass is 16.4. The van der Waals surface area contributed by atoms with Crippen LogP contribution in [0.25, 0.3) is 0 Å². The molecule has 0 amide bonds. The number of hydrogen-bond donors (Lipinski definition) is 5. The molecule has 0 aliphatic heterocycles. The Bertz CT molecular complexity index is 180.